The van der Waals surface area contributed by atoms with Crippen molar-refractivity contribution in [3.8, 4) is 11.1 Å². The van der Waals surface area contributed by atoms with Gasteiger partial charge in [-0.2, -0.15) is 0 Å². The SMILES string of the molecule is N=C1NC(=N)c2c1cc1cc(F)c(F)cc1c2-c1cc(F)cc(F)c1. The van der Waals surface area contributed by atoms with Crippen molar-refractivity contribution < 1.29 is 17.6 Å². The minimum Gasteiger partial charge on any atom is -0.325 e. The van der Waals surface area contributed by atoms with Crippen LogP contribution in [-0.2, 0) is 0 Å². The fourth-order valence-electron chi connectivity index (χ4n) is 3.10. The summed E-state index contributed by atoms with van der Waals surface area (Å²) in [5, 5.41) is 18.9. The molecule has 0 aromatic heterocycles. The molecule has 0 aliphatic carbocycles. The van der Waals surface area contributed by atoms with E-state index in [-0.39, 0.29) is 44.7 Å². The molecule has 1 aliphatic heterocycles. The summed E-state index contributed by atoms with van der Waals surface area (Å²) >= 11 is 0. The van der Waals surface area contributed by atoms with Crippen LogP contribution in [0.25, 0.3) is 21.9 Å². The van der Waals surface area contributed by atoms with Gasteiger partial charge in [-0.25, -0.2) is 17.6 Å². The summed E-state index contributed by atoms with van der Waals surface area (Å²) < 4.78 is 54.8. The Hall–Kier alpha value is -3.22. The number of halogens is 4. The molecule has 3 aromatic rings. The molecule has 124 valence electrons. The highest BCUT2D eigenvalue weighted by Crippen LogP contribution is 2.38. The van der Waals surface area contributed by atoms with E-state index in [0.29, 0.717) is 6.07 Å². The van der Waals surface area contributed by atoms with Gasteiger partial charge in [0.05, 0.1) is 0 Å². The highest BCUT2D eigenvalue weighted by atomic mass is 19.2. The molecule has 0 unspecified atom stereocenters. The lowest BCUT2D eigenvalue weighted by molar-refractivity contribution is 0.511. The van der Waals surface area contributed by atoms with Crippen LogP contribution >= 0.6 is 0 Å². The van der Waals surface area contributed by atoms with Gasteiger partial charge in [0.15, 0.2) is 11.6 Å². The zero-order valence-corrected chi connectivity index (χ0v) is 12.5. The van der Waals surface area contributed by atoms with Crippen molar-refractivity contribution in [2.24, 2.45) is 0 Å². The molecule has 4 rings (SSSR count). The molecule has 7 heteroatoms. The lowest BCUT2D eigenvalue weighted by Gasteiger charge is -2.13. The maximum absolute atomic E-state index is 13.8. The van der Waals surface area contributed by atoms with Gasteiger partial charge >= 0.3 is 0 Å². The Kier molecular flexibility index (Phi) is 3.15. The second-order valence-electron chi connectivity index (χ2n) is 5.69. The summed E-state index contributed by atoms with van der Waals surface area (Å²) in [4.78, 5) is 0. The number of nitrogens with one attached hydrogen (secondary N) is 3. The Morgan fingerprint density at radius 1 is 0.680 bits per heavy atom. The third-order valence-electron chi connectivity index (χ3n) is 4.10. The monoisotopic (exact) mass is 343 g/mol. The summed E-state index contributed by atoms with van der Waals surface area (Å²) in [6.07, 6.45) is 0. The lowest BCUT2D eigenvalue weighted by atomic mass is 9.90. The van der Waals surface area contributed by atoms with E-state index in [1.54, 1.807) is 0 Å². The molecular weight excluding hydrogens is 334 g/mol. The van der Waals surface area contributed by atoms with E-state index < -0.39 is 23.3 Å². The Morgan fingerprint density at radius 2 is 1.32 bits per heavy atom. The second kappa shape index (κ2) is 5.14. The van der Waals surface area contributed by atoms with E-state index >= 15 is 0 Å². The van der Waals surface area contributed by atoms with Crippen LogP contribution in [0.3, 0.4) is 0 Å². The minimum atomic E-state index is -1.11. The van der Waals surface area contributed by atoms with Crippen LogP contribution in [0.4, 0.5) is 17.6 Å². The predicted molar refractivity (Wildman–Crippen MR) is 86.0 cm³/mol. The first-order valence-electron chi connectivity index (χ1n) is 7.22. The quantitative estimate of drug-likeness (QED) is 0.566. The van der Waals surface area contributed by atoms with Crippen molar-refractivity contribution >= 4 is 22.4 Å². The number of benzene rings is 3. The normalized spacial score (nSPS) is 13.3. The van der Waals surface area contributed by atoms with E-state index in [0.717, 1.165) is 24.3 Å². The van der Waals surface area contributed by atoms with Crippen LogP contribution < -0.4 is 5.32 Å². The van der Waals surface area contributed by atoms with Gasteiger partial charge in [0.25, 0.3) is 0 Å². The van der Waals surface area contributed by atoms with E-state index in [9.17, 15) is 17.6 Å². The molecule has 0 radical (unpaired) electrons. The summed E-state index contributed by atoms with van der Waals surface area (Å²) in [6.45, 7) is 0. The van der Waals surface area contributed by atoms with Gasteiger partial charge in [-0.05, 0) is 46.7 Å². The van der Waals surface area contributed by atoms with Crippen LogP contribution in [0.2, 0.25) is 0 Å². The standard InChI is InChI=1S/C18H9F4N3/c19-9-1-8(2-10(20)5-9)15-11-6-14(22)13(21)4-7(11)3-12-16(15)18(24)25-17(12)23/h1-6H,(H3,23,24,25). The average Bonchev–Trinajstić information content (AvgIpc) is 2.80. The van der Waals surface area contributed by atoms with Gasteiger partial charge in [-0.15, -0.1) is 0 Å². The third kappa shape index (κ3) is 2.27. The van der Waals surface area contributed by atoms with Crippen LogP contribution in [0.5, 0.6) is 0 Å². The first kappa shape index (κ1) is 15.3. The maximum Gasteiger partial charge on any atom is 0.159 e. The highest BCUT2D eigenvalue weighted by Gasteiger charge is 2.28. The van der Waals surface area contributed by atoms with Crippen molar-refractivity contribution in [2.75, 3.05) is 0 Å². The Labute approximate surface area is 138 Å². The average molecular weight is 343 g/mol. The van der Waals surface area contributed by atoms with Crippen molar-refractivity contribution in [3.05, 3.63) is 70.8 Å². The first-order valence-corrected chi connectivity index (χ1v) is 7.22. The molecule has 0 atom stereocenters. The maximum atomic E-state index is 13.8. The second-order valence-corrected chi connectivity index (χ2v) is 5.69. The van der Waals surface area contributed by atoms with E-state index in [2.05, 4.69) is 5.32 Å². The zero-order valence-electron chi connectivity index (χ0n) is 12.5. The molecule has 0 bridgehead atoms. The molecule has 3 nitrogen and oxygen atoms in total. The van der Waals surface area contributed by atoms with E-state index in [1.807, 2.05) is 0 Å². The molecule has 25 heavy (non-hydrogen) atoms. The number of amidine groups is 2. The Balaban J connectivity index is 2.21. The first-order chi connectivity index (χ1) is 11.8. The topological polar surface area (TPSA) is 59.7 Å². The highest BCUT2D eigenvalue weighted by molar-refractivity contribution is 6.28. The molecule has 3 aromatic carbocycles. The molecule has 1 aliphatic rings. The Bertz CT molecular complexity index is 1090. The number of hydrogen-bond donors (Lipinski definition) is 3. The van der Waals surface area contributed by atoms with E-state index in [4.69, 9.17) is 10.8 Å². The molecule has 0 saturated carbocycles. The summed E-state index contributed by atoms with van der Waals surface area (Å²) in [6, 6.07) is 6.13. The van der Waals surface area contributed by atoms with Crippen molar-refractivity contribution in [3.63, 3.8) is 0 Å². The fourth-order valence-corrected chi connectivity index (χ4v) is 3.10. The number of rotatable bonds is 1. The molecule has 0 fully saturated rings. The predicted octanol–water partition coefficient (Wildman–Crippen LogP) is 4.32. The molecule has 0 amide bonds. The smallest absolute Gasteiger partial charge is 0.159 e. The summed E-state index contributed by atoms with van der Waals surface area (Å²) in [5.74, 6) is -4.10. The molecular formula is C18H9F4N3. The van der Waals surface area contributed by atoms with Gasteiger partial charge in [0.2, 0.25) is 0 Å². The largest absolute Gasteiger partial charge is 0.325 e. The zero-order chi connectivity index (χ0) is 17.9. The van der Waals surface area contributed by atoms with Crippen LogP contribution in [0, 0.1) is 34.1 Å². The van der Waals surface area contributed by atoms with Gasteiger partial charge in [0, 0.05) is 22.8 Å². The summed E-state index contributed by atoms with van der Waals surface area (Å²) in [5.41, 5.74) is 0.743. The van der Waals surface area contributed by atoms with Gasteiger partial charge in [-0.1, -0.05) is 0 Å². The molecule has 3 N–H and O–H groups in total. The molecule has 0 saturated heterocycles. The third-order valence-corrected chi connectivity index (χ3v) is 4.10. The molecule has 1 heterocycles. The summed E-state index contributed by atoms with van der Waals surface area (Å²) in [7, 11) is 0. The van der Waals surface area contributed by atoms with Crippen molar-refractivity contribution in [1.82, 2.24) is 5.32 Å². The lowest BCUT2D eigenvalue weighted by Crippen LogP contribution is -2.20. The van der Waals surface area contributed by atoms with Crippen molar-refractivity contribution in [2.45, 2.75) is 0 Å². The number of fused-ring (bicyclic) bond motifs is 2. The Morgan fingerprint density at radius 3 is 2.00 bits per heavy atom. The van der Waals surface area contributed by atoms with Crippen LogP contribution in [0.1, 0.15) is 11.1 Å². The minimum absolute atomic E-state index is 0.0756. The van der Waals surface area contributed by atoms with Gasteiger partial charge in [0.1, 0.15) is 23.3 Å². The van der Waals surface area contributed by atoms with Crippen molar-refractivity contribution in [1.29, 1.82) is 10.8 Å². The van der Waals surface area contributed by atoms with Gasteiger partial charge in [-0.3, -0.25) is 10.8 Å². The van der Waals surface area contributed by atoms with Crippen LogP contribution in [-0.4, -0.2) is 11.7 Å². The van der Waals surface area contributed by atoms with E-state index in [1.165, 1.54) is 6.07 Å². The fraction of sp³-hybridized carbons (Fsp3) is 0. The van der Waals surface area contributed by atoms with Gasteiger partial charge < -0.3 is 5.32 Å². The van der Waals surface area contributed by atoms with Crippen LogP contribution in [0.15, 0.2) is 36.4 Å². The molecule has 0 spiro atoms. The number of hydrogen-bond acceptors (Lipinski definition) is 2.